The van der Waals surface area contributed by atoms with Crippen LogP contribution in [0, 0.1) is 5.92 Å². The lowest BCUT2D eigenvalue weighted by molar-refractivity contribution is -0.145. The fraction of sp³-hybridized carbons (Fsp3) is 0.914. The number of aliphatic hydroxyl groups excluding tert-OH is 2. The molecule has 0 unspecified atom stereocenters. The highest BCUT2D eigenvalue weighted by Gasteiger charge is 2.35. The molecule has 0 aliphatic carbocycles. The van der Waals surface area contributed by atoms with Crippen LogP contribution in [0.2, 0.25) is 0 Å². The van der Waals surface area contributed by atoms with Gasteiger partial charge >= 0.3 is 5.97 Å². The molecule has 0 aromatic rings. The second-order valence-electron chi connectivity index (χ2n) is 13.2. The summed E-state index contributed by atoms with van der Waals surface area (Å²) in [6.07, 6.45) is 21.6. The highest BCUT2D eigenvalue weighted by molar-refractivity contribution is 5.83. The minimum atomic E-state index is -0.505. The van der Waals surface area contributed by atoms with Crippen LogP contribution in [-0.4, -0.2) is 58.3 Å². The number of ketones is 2. The largest absolute Gasteiger partial charge is 0.462 e. The van der Waals surface area contributed by atoms with E-state index in [1.807, 2.05) is 0 Å². The topological polar surface area (TPSA) is 110 Å². The van der Waals surface area contributed by atoms with Gasteiger partial charge in [-0.3, -0.25) is 9.59 Å². The molecule has 6 atom stereocenters. The van der Waals surface area contributed by atoms with Gasteiger partial charge in [0.2, 0.25) is 0 Å². The van der Waals surface area contributed by atoms with Crippen LogP contribution in [0.3, 0.4) is 0 Å². The van der Waals surface area contributed by atoms with Gasteiger partial charge in [0.25, 0.3) is 0 Å². The van der Waals surface area contributed by atoms with Crippen LogP contribution in [0.1, 0.15) is 168 Å². The molecule has 0 amide bonds. The molecule has 0 bridgehead atoms. The maximum Gasteiger partial charge on any atom is 0.309 e. The van der Waals surface area contributed by atoms with Crippen molar-refractivity contribution in [2.45, 2.75) is 198 Å². The lowest BCUT2D eigenvalue weighted by Gasteiger charge is -2.22. The number of aliphatic hydroxyl groups is 2. The summed E-state index contributed by atoms with van der Waals surface area (Å²) in [7, 11) is 0. The first kappa shape index (κ1) is 36.9. The van der Waals surface area contributed by atoms with E-state index in [4.69, 9.17) is 9.47 Å². The van der Waals surface area contributed by atoms with Crippen LogP contribution >= 0.6 is 0 Å². The molecule has 2 rings (SSSR count). The molecule has 0 spiro atoms. The van der Waals surface area contributed by atoms with Gasteiger partial charge < -0.3 is 24.5 Å². The number of unbranched alkanes of at least 4 members (excludes halogenated alkanes) is 12. The van der Waals surface area contributed by atoms with E-state index in [0.717, 1.165) is 64.2 Å². The van der Waals surface area contributed by atoms with Crippen molar-refractivity contribution in [2.75, 3.05) is 0 Å². The number of ether oxygens (including phenoxy) is 2. The van der Waals surface area contributed by atoms with Crippen LogP contribution in [0.4, 0.5) is 0 Å². The van der Waals surface area contributed by atoms with Gasteiger partial charge in [-0.15, -0.1) is 0 Å². The zero-order chi connectivity index (χ0) is 30.6. The van der Waals surface area contributed by atoms with Crippen molar-refractivity contribution < 1.29 is 34.1 Å². The van der Waals surface area contributed by atoms with Crippen LogP contribution in [0.15, 0.2) is 0 Å². The third-order valence-corrected chi connectivity index (χ3v) is 9.18. The number of rotatable bonds is 26. The summed E-state index contributed by atoms with van der Waals surface area (Å²) in [5.41, 5.74) is 0. The summed E-state index contributed by atoms with van der Waals surface area (Å²) in [5, 5.41) is 21.2. The van der Waals surface area contributed by atoms with Gasteiger partial charge in [-0.05, 0) is 64.7 Å². The number of esters is 1. The highest BCUT2D eigenvalue weighted by Crippen LogP contribution is 2.29. The van der Waals surface area contributed by atoms with Crippen LogP contribution in [0.5, 0.6) is 0 Å². The van der Waals surface area contributed by atoms with Crippen molar-refractivity contribution in [2.24, 2.45) is 5.92 Å². The Kier molecular flexibility index (Phi) is 19.5. The quantitative estimate of drug-likeness (QED) is 0.0785. The first-order chi connectivity index (χ1) is 20.3. The summed E-state index contributed by atoms with van der Waals surface area (Å²) in [6, 6.07) is 0. The Balaban J connectivity index is 1.41. The fourth-order valence-corrected chi connectivity index (χ4v) is 6.55. The van der Waals surface area contributed by atoms with Crippen molar-refractivity contribution in [3.8, 4) is 0 Å². The zero-order valence-electron chi connectivity index (χ0n) is 26.9. The summed E-state index contributed by atoms with van der Waals surface area (Å²) >= 11 is 0. The Morgan fingerprint density at radius 1 is 0.762 bits per heavy atom. The van der Waals surface area contributed by atoms with Gasteiger partial charge in [0.05, 0.1) is 30.3 Å². The van der Waals surface area contributed by atoms with Gasteiger partial charge in [0.1, 0.15) is 17.7 Å². The van der Waals surface area contributed by atoms with Crippen LogP contribution in [0.25, 0.3) is 0 Å². The molecule has 244 valence electrons. The highest BCUT2D eigenvalue weighted by atomic mass is 16.6. The number of carbonyl (C=O) groups is 3. The predicted molar refractivity (Wildman–Crippen MR) is 166 cm³/mol. The average Bonchev–Trinajstić information content (AvgIpc) is 3.58. The van der Waals surface area contributed by atoms with Gasteiger partial charge in [0, 0.05) is 19.3 Å². The Hall–Kier alpha value is -1.31. The molecule has 42 heavy (non-hydrogen) atoms. The predicted octanol–water partition coefficient (Wildman–Crippen LogP) is 7.56. The van der Waals surface area contributed by atoms with Gasteiger partial charge in [-0.25, -0.2) is 0 Å². The van der Waals surface area contributed by atoms with Crippen molar-refractivity contribution in [3.05, 3.63) is 0 Å². The summed E-state index contributed by atoms with van der Waals surface area (Å²) in [4.78, 5) is 35.3. The zero-order valence-corrected chi connectivity index (χ0v) is 26.9. The van der Waals surface area contributed by atoms with E-state index >= 15 is 0 Å². The smallest absolute Gasteiger partial charge is 0.309 e. The van der Waals surface area contributed by atoms with E-state index in [1.165, 1.54) is 64.7 Å². The maximum atomic E-state index is 12.2. The van der Waals surface area contributed by atoms with Crippen molar-refractivity contribution in [3.63, 3.8) is 0 Å². The standard InChI is InChI=1S/C35H62O7/c1-3-4-5-6-7-8-9-10-11-14-21-31(38)33-23-24-34(42-33)32(39)22-15-12-13-18-29(37)19-16-17-20-30-26-28(25-27(2)36)35(40)41-30/h28,30-34,38-39H,3-26H2,1-2H3/t28-,30+,31-,32-,33-,34+/m0/s1. The Morgan fingerprint density at radius 2 is 1.26 bits per heavy atom. The number of hydrogen-bond acceptors (Lipinski definition) is 7. The first-order valence-electron chi connectivity index (χ1n) is 17.5. The van der Waals surface area contributed by atoms with E-state index in [9.17, 15) is 24.6 Å². The van der Waals surface area contributed by atoms with E-state index in [-0.39, 0.29) is 48.2 Å². The number of Topliss-reactive ketones (excluding diaryl/α,β-unsaturated/α-hetero) is 2. The molecule has 7 heteroatoms. The fourth-order valence-electron chi connectivity index (χ4n) is 6.55. The molecule has 2 saturated heterocycles. The van der Waals surface area contributed by atoms with Crippen molar-refractivity contribution in [1.29, 1.82) is 0 Å². The van der Waals surface area contributed by atoms with E-state index in [2.05, 4.69) is 6.92 Å². The van der Waals surface area contributed by atoms with Crippen molar-refractivity contribution >= 4 is 17.5 Å². The second-order valence-corrected chi connectivity index (χ2v) is 13.2. The SMILES string of the molecule is CCCCCCCCCCCC[C@H](O)[C@@H]1CC[C@H]([C@@H](O)CCCCCC(=O)CCCC[C@@H]2C[C@H](CC(C)=O)C(=O)O2)O1. The molecule has 2 aliphatic rings. The van der Waals surface area contributed by atoms with E-state index in [0.29, 0.717) is 25.7 Å². The lowest BCUT2D eigenvalue weighted by Crippen LogP contribution is -2.31. The lowest BCUT2D eigenvalue weighted by atomic mass is 9.96. The molecule has 2 heterocycles. The minimum Gasteiger partial charge on any atom is -0.462 e. The van der Waals surface area contributed by atoms with Crippen LogP contribution < -0.4 is 0 Å². The first-order valence-corrected chi connectivity index (χ1v) is 17.5. The van der Waals surface area contributed by atoms with E-state index in [1.54, 1.807) is 0 Å². The summed E-state index contributed by atoms with van der Waals surface area (Å²) < 4.78 is 11.4. The van der Waals surface area contributed by atoms with Gasteiger partial charge in [-0.2, -0.15) is 0 Å². The second kappa shape index (κ2) is 22.2. The normalized spacial score (nSPS) is 23.7. The molecule has 0 aromatic carbocycles. The number of cyclic esters (lactones) is 1. The molecule has 2 aliphatic heterocycles. The molecule has 0 aromatic heterocycles. The molecule has 7 nitrogen and oxygen atoms in total. The third kappa shape index (κ3) is 16.0. The maximum absolute atomic E-state index is 12.2. The Bertz CT molecular complexity index is 754. The third-order valence-electron chi connectivity index (χ3n) is 9.18. The average molecular weight is 595 g/mol. The van der Waals surface area contributed by atoms with Crippen LogP contribution in [-0.2, 0) is 23.9 Å². The number of hydrogen-bond donors (Lipinski definition) is 2. The van der Waals surface area contributed by atoms with Gasteiger partial charge in [0.15, 0.2) is 0 Å². The summed E-state index contributed by atoms with van der Waals surface area (Å²) in [5.74, 6) is -0.261. The Morgan fingerprint density at radius 3 is 1.81 bits per heavy atom. The molecule has 0 saturated carbocycles. The monoisotopic (exact) mass is 594 g/mol. The molecule has 2 fully saturated rings. The molecular formula is C35H62O7. The van der Waals surface area contributed by atoms with Gasteiger partial charge in [-0.1, -0.05) is 84.0 Å². The number of carbonyl (C=O) groups excluding carboxylic acids is 3. The molecule has 2 N–H and O–H groups in total. The Labute approximate surface area is 255 Å². The molecule has 0 radical (unpaired) electrons. The van der Waals surface area contributed by atoms with E-state index < -0.39 is 12.2 Å². The molecular weight excluding hydrogens is 532 g/mol. The summed E-state index contributed by atoms with van der Waals surface area (Å²) in [6.45, 7) is 3.75. The van der Waals surface area contributed by atoms with Crippen molar-refractivity contribution in [1.82, 2.24) is 0 Å². The minimum absolute atomic E-state index is 0.0167.